The fraction of sp³-hybridized carbons (Fsp3) is 0.562. The van der Waals surface area contributed by atoms with Crippen LogP contribution in [-0.2, 0) is 16.0 Å². The molecule has 1 saturated heterocycles. The van der Waals surface area contributed by atoms with Gasteiger partial charge in [-0.15, -0.1) is 0 Å². The van der Waals surface area contributed by atoms with Crippen LogP contribution in [0, 0.1) is 5.92 Å². The number of likely N-dealkylation sites (tertiary alicyclic amines) is 1. The van der Waals surface area contributed by atoms with Crippen molar-refractivity contribution in [1.82, 2.24) is 4.90 Å². The van der Waals surface area contributed by atoms with Crippen molar-refractivity contribution in [3.63, 3.8) is 0 Å². The predicted molar refractivity (Wildman–Crippen MR) is 78.7 cm³/mol. The summed E-state index contributed by atoms with van der Waals surface area (Å²) in [5.41, 5.74) is 2.36. The van der Waals surface area contributed by atoms with Crippen LogP contribution >= 0.6 is 0 Å². The van der Waals surface area contributed by atoms with E-state index in [0.717, 1.165) is 44.6 Å². The standard InChI is InChI=1S/C16H22N2O2/c1-20-11-12-6-8-18(9-7-12)16(19)15-10-13-4-2-3-5-14(13)17-15/h2-5,12,15,17H,6-11H2,1H3. The normalized spacial score (nSPS) is 22.4. The number of hydrogen-bond acceptors (Lipinski definition) is 3. The summed E-state index contributed by atoms with van der Waals surface area (Å²) in [7, 11) is 1.75. The van der Waals surface area contributed by atoms with E-state index in [1.165, 1.54) is 5.56 Å². The van der Waals surface area contributed by atoms with Crippen molar-refractivity contribution in [3.8, 4) is 0 Å². The number of hydrogen-bond donors (Lipinski definition) is 1. The summed E-state index contributed by atoms with van der Waals surface area (Å²) in [6.45, 7) is 2.54. The number of ether oxygens (including phenoxy) is 1. The Labute approximate surface area is 120 Å². The van der Waals surface area contributed by atoms with Gasteiger partial charge in [-0.1, -0.05) is 18.2 Å². The molecule has 2 heterocycles. The van der Waals surface area contributed by atoms with E-state index >= 15 is 0 Å². The molecule has 1 aromatic rings. The number of methoxy groups -OCH3 is 1. The van der Waals surface area contributed by atoms with Crippen molar-refractivity contribution in [1.29, 1.82) is 0 Å². The van der Waals surface area contributed by atoms with E-state index in [9.17, 15) is 4.79 Å². The second-order valence-corrected chi connectivity index (χ2v) is 5.78. The molecule has 108 valence electrons. The average molecular weight is 274 g/mol. The van der Waals surface area contributed by atoms with Crippen LogP contribution in [0.1, 0.15) is 18.4 Å². The highest BCUT2D eigenvalue weighted by Gasteiger charge is 2.31. The topological polar surface area (TPSA) is 41.6 Å². The Balaban J connectivity index is 1.56. The third-order valence-corrected chi connectivity index (χ3v) is 4.40. The van der Waals surface area contributed by atoms with Crippen LogP contribution in [0.25, 0.3) is 0 Å². The van der Waals surface area contributed by atoms with Gasteiger partial charge in [0.2, 0.25) is 5.91 Å². The molecule has 1 N–H and O–H groups in total. The van der Waals surface area contributed by atoms with Crippen molar-refractivity contribution >= 4 is 11.6 Å². The molecule has 0 aromatic heterocycles. The highest BCUT2D eigenvalue weighted by Crippen LogP contribution is 2.27. The highest BCUT2D eigenvalue weighted by atomic mass is 16.5. The first-order chi connectivity index (χ1) is 9.78. The van der Waals surface area contributed by atoms with Gasteiger partial charge in [-0.2, -0.15) is 0 Å². The molecule has 3 rings (SSSR count). The number of anilines is 1. The molecule has 0 bridgehead atoms. The smallest absolute Gasteiger partial charge is 0.245 e. The first-order valence-corrected chi connectivity index (χ1v) is 7.40. The molecule has 0 aliphatic carbocycles. The fourth-order valence-electron chi connectivity index (χ4n) is 3.22. The largest absolute Gasteiger partial charge is 0.384 e. The zero-order valence-electron chi connectivity index (χ0n) is 12.0. The molecule has 0 radical (unpaired) electrons. The Bertz CT molecular complexity index is 456. The Hall–Kier alpha value is -1.55. The third kappa shape index (κ3) is 2.66. The minimum absolute atomic E-state index is 0.0774. The Morgan fingerprint density at radius 2 is 2.10 bits per heavy atom. The number of rotatable bonds is 3. The molecule has 1 fully saturated rings. The Morgan fingerprint density at radius 3 is 2.80 bits per heavy atom. The third-order valence-electron chi connectivity index (χ3n) is 4.40. The van der Waals surface area contributed by atoms with Gasteiger partial charge < -0.3 is 15.0 Å². The van der Waals surface area contributed by atoms with E-state index in [4.69, 9.17) is 4.74 Å². The number of carbonyl (C=O) groups excluding carboxylic acids is 1. The summed E-state index contributed by atoms with van der Waals surface area (Å²) in [5, 5.41) is 3.35. The minimum Gasteiger partial charge on any atom is -0.384 e. The molecule has 2 aliphatic heterocycles. The average Bonchev–Trinajstić information content (AvgIpc) is 2.91. The molecule has 1 aromatic carbocycles. The summed E-state index contributed by atoms with van der Waals surface area (Å²) >= 11 is 0. The van der Waals surface area contributed by atoms with Crippen molar-refractivity contribution < 1.29 is 9.53 Å². The fourth-order valence-corrected chi connectivity index (χ4v) is 3.22. The number of amides is 1. The summed E-state index contributed by atoms with van der Waals surface area (Å²) < 4.78 is 5.20. The molecule has 2 aliphatic rings. The zero-order chi connectivity index (χ0) is 13.9. The Kier molecular flexibility index (Phi) is 3.92. The molecule has 4 heteroatoms. The second-order valence-electron chi connectivity index (χ2n) is 5.78. The van der Waals surface area contributed by atoms with Crippen LogP contribution < -0.4 is 5.32 Å². The number of nitrogens with zero attached hydrogens (tertiary/aromatic N) is 1. The van der Waals surface area contributed by atoms with E-state index in [0.29, 0.717) is 5.92 Å². The molecular formula is C16H22N2O2. The van der Waals surface area contributed by atoms with Gasteiger partial charge in [0, 0.05) is 38.9 Å². The van der Waals surface area contributed by atoms with E-state index < -0.39 is 0 Å². The van der Waals surface area contributed by atoms with Gasteiger partial charge in [0.1, 0.15) is 6.04 Å². The van der Waals surface area contributed by atoms with Crippen LogP contribution in [0.5, 0.6) is 0 Å². The van der Waals surface area contributed by atoms with Gasteiger partial charge in [0.25, 0.3) is 0 Å². The first-order valence-electron chi connectivity index (χ1n) is 7.40. The summed E-state index contributed by atoms with van der Waals surface area (Å²) in [6.07, 6.45) is 2.92. The van der Waals surface area contributed by atoms with Gasteiger partial charge in [0.15, 0.2) is 0 Å². The van der Waals surface area contributed by atoms with Crippen LogP contribution in [0.15, 0.2) is 24.3 Å². The van der Waals surface area contributed by atoms with Gasteiger partial charge in [0.05, 0.1) is 0 Å². The van der Waals surface area contributed by atoms with Gasteiger partial charge in [-0.05, 0) is 30.4 Å². The van der Waals surface area contributed by atoms with Crippen LogP contribution in [0.2, 0.25) is 0 Å². The molecule has 0 saturated carbocycles. The molecule has 1 atom stereocenters. The van der Waals surface area contributed by atoms with Gasteiger partial charge in [-0.3, -0.25) is 4.79 Å². The van der Waals surface area contributed by atoms with Crippen LogP contribution in [0.3, 0.4) is 0 Å². The van der Waals surface area contributed by atoms with Crippen molar-refractivity contribution in [2.75, 3.05) is 32.1 Å². The number of benzene rings is 1. The zero-order valence-corrected chi connectivity index (χ0v) is 12.0. The quantitative estimate of drug-likeness (QED) is 0.915. The maximum atomic E-state index is 12.6. The predicted octanol–water partition coefficient (Wildman–Crippen LogP) is 1.91. The van der Waals surface area contributed by atoms with Crippen molar-refractivity contribution in [2.45, 2.75) is 25.3 Å². The molecule has 20 heavy (non-hydrogen) atoms. The lowest BCUT2D eigenvalue weighted by molar-refractivity contribution is -0.133. The van der Waals surface area contributed by atoms with Crippen molar-refractivity contribution in [2.24, 2.45) is 5.92 Å². The van der Waals surface area contributed by atoms with E-state index in [-0.39, 0.29) is 11.9 Å². The highest BCUT2D eigenvalue weighted by molar-refractivity contribution is 5.87. The number of fused-ring (bicyclic) bond motifs is 1. The van der Waals surface area contributed by atoms with Crippen LogP contribution in [0.4, 0.5) is 5.69 Å². The van der Waals surface area contributed by atoms with Crippen molar-refractivity contribution in [3.05, 3.63) is 29.8 Å². The molecule has 4 nitrogen and oxygen atoms in total. The summed E-state index contributed by atoms with van der Waals surface area (Å²) in [5.74, 6) is 0.856. The molecule has 1 amide bonds. The van der Waals surface area contributed by atoms with Gasteiger partial charge >= 0.3 is 0 Å². The molecule has 1 unspecified atom stereocenters. The molecular weight excluding hydrogens is 252 g/mol. The monoisotopic (exact) mass is 274 g/mol. The molecule has 0 spiro atoms. The number of para-hydroxylation sites is 1. The first kappa shape index (κ1) is 13.4. The number of piperidine rings is 1. The van der Waals surface area contributed by atoms with E-state index in [2.05, 4.69) is 11.4 Å². The minimum atomic E-state index is -0.0774. The van der Waals surface area contributed by atoms with E-state index in [1.807, 2.05) is 23.1 Å². The maximum Gasteiger partial charge on any atom is 0.245 e. The summed E-state index contributed by atoms with van der Waals surface area (Å²) in [4.78, 5) is 14.6. The number of carbonyl (C=O) groups is 1. The lowest BCUT2D eigenvalue weighted by atomic mass is 9.97. The summed E-state index contributed by atoms with van der Waals surface area (Å²) in [6, 6.07) is 8.11. The Morgan fingerprint density at radius 1 is 1.35 bits per heavy atom. The second kappa shape index (κ2) is 5.83. The van der Waals surface area contributed by atoms with Crippen LogP contribution in [-0.4, -0.2) is 43.7 Å². The number of nitrogens with one attached hydrogen (secondary N) is 1. The maximum absolute atomic E-state index is 12.6. The SMILES string of the molecule is COCC1CCN(C(=O)C2Cc3ccccc3N2)CC1. The lowest BCUT2D eigenvalue weighted by Gasteiger charge is -2.33. The lowest BCUT2D eigenvalue weighted by Crippen LogP contribution is -2.46. The van der Waals surface area contributed by atoms with E-state index in [1.54, 1.807) is 7.11 Å². The van der Waals surface area contributed by atoms with Gasteiger partial charge in [-0.25, -0.2) is 0 Å².